The maximum atomic E-state index is 11.7. The van der Waals surface area contributed by atoms with E-state index in [4.69, 9.17) is 0 Å². The van der Waals surface area contributed by atoms with Crippen molar-refractivity contribution in [1.29, 1.82) is 0 Å². The molecule has 0 rings (SSSR count). The average molecular weight is 408 g/mol. The highest BCUT2D eigenvalue weighted by atomic mass is 16.1. The molecule has 0 aromatic heterocycles. The summed E-state index contributed by atoms with van der Waals surface area (Å²) in [5, 5.41) is 3.03. The number of carbonyl (C=O) groups is 1. The Morgan fingerprint density at radius 1 is 0.552 bits per heavy atom. The van der Waals surface area contributed by atoms with E-state index in [9.17, 15) is 4.79 Å². The zero-order valence-corrected chi connectivity index (χ0v) is 20.1. The van der Waals surface area contributed by atoms with Crippen LogP contribution in [0.5, 0.6) is 0 Å². The van der Waals surface area contributed by atoms with Crippen molar-refractivity contribution in [2.24, 2.45) is 0 Å². The Bertz CT molecular complexity index is 350. The second-order valence-electron chi connectivity index (χ2n) is 8.81. The minimum atomic E-state index is 0.250. The van der Waals surface area contributed by atoms with Crippen LogP contribution in [0, 0.1) is 0 Å². The molecular weight excluding hydrogens is 354 g/mol. The maximum absolute atomic E-state index is 11.7. The molecule has 0 aliphatic rings. The topological polar surface area (TPSA) is 29.1 Å². The number of carbonyl (C=O) groups excluding carboxylic acids is 1. The number of nitrogens with one attached hydrogen (secondary N) is 1. The molecule has 1 N–H and O–H groups in total. The molecule has 172 valence electrons. The van der Waals surface area contributed by atoms with Gasteiger partial charge >= 0.3 is 0 Å². The Labute approximate surface area is 183 Å². The molecule has 0 atom stereocenters. The monoisotopic (exact) mass is 407 g/mol. The van der Waals surface area contributed by atoms with Gasteiger partial charge in [-0.1, -0.05) is 116 Å². The first-order chi connectivity index (χ1) is 14.3. The van der Waals surface area contributed by atoms with Gasteiger partial charge in [-0.05, 0) is 38.5 Å². The number of hydrogen-bond acceptors (Lipinski definition) is 1. The first-order valence-electron chi connectivity index (χ1n) is 13.2. The number of allylic oxidation sites excluding steroid dienone is 2. The van der Waals surface area contributed by atoms with Crippen LogP contribution in [0.2, 0.25) is 0 Å². The van der Waals surface area contributed by atoms with E-state index in [-0.39, 0.29) is 5.91 Å². The molecule has 0 aromatic carbocycles. The van der Waals surface area contributed by atoms with E-state index in [2.05, 4.69) is 31.3 Å². The molecule has 0 aliphatic heterocycles. The molecule has 0 bridgehead atoms. The Hall–Kier alpha value is -0.790. The minimum absolute atomic E-state index is 0.250. The quantitative estimate of drug-likeness (QED) is 0.133. The van der Waals surface area contributed by atoms with Crippen LogP contribution in [0.4, 0.5) is 0 Å². The van der Waals surface area contributed by atoms with Crippen molar-refractivity contribution in [2.75, 3.05) is 6.54 Å². The Kier molecular flexibility index (Phi) is 24.6. The van der Waals surface area contributed by atoms with E-state index < -0.39 is 0 Å². The van der Waals surface area contributed by atoms with Crippen molar-refractivity contribution < 1.29 is 4.79 Å². The molecule has 0 fully saturated rings. The maximum Gasteiger partial charge on any atom is 0.219 e. The molecule has 0 aromatic rings. The second-order valence-corrected chi connectivity index (χ2v) is 8.81. The fourth-order valence-electron chi connectivity index (χ4n) is 3.75. The van der Waals surface area contributed by atoms with Crippen LogP contribution in [-0.4, -0.2) is 12.5 Å². The molecule has 0 saturated carbocycles. The lowest BCUT2D eigenvalue weighted by molar-refractivity contribution is -0.121. The van der Waals surface area contributed by atoms with Crippen molar-refractivity contribution >= 4 is 5.91 Å². The van der Waals surface area contributed by atoms with Crippen molar-refractivity contribution in [3.8, 4) is 0 Å². The van der Waals surface area contributed by atoms with Gasteiger partial charge in [0.25, 0.3) is 0 Å². The molecule has 0 heterocycles. The van der Waals surface area contributed by atoms with Gasteiger partial charge in [0, 0.05) is 13.0 Å². The van der Waals surface area contributed by atoms with E-state index in [0.717, 1.165) is 25.8 Å². The van der Waals surface area contributed by atoms with Gasteiger partial charge in [0.1, 0.15) is 0 Å². The summed E-state index contributed by atoms with van der Waals surface area (Å²) < 4.78 is 0. The van der Waals surface area contributed by atoms with Crippen LogP contribution < -0.4 is 5.32 Å². The Morgan fingerprint density at radius 3 is 1.48 bits per heavy atom. The molecule has 29 heavy (non-hydrogen) atoms. The molecule has 0 saturated heterocycles. The molecule has 2 heteroatoms. The fraction of sp³-hybridized carbons (Fsp3) is 0.889. The van der Waals surface area contributed by atoms with E-state index in [1.165, 1.54) is 116 Å². The summed E-state index contributed by atoms with van der Waals surface area (Å²) in [6.45, 7) is 5.34. The number of hydrogen-bond donors (Lipinski definition) is 1. The van der Waals surface area contributed by atoms with E-state index in [1.807, 2.05) is 0 Å². The first kappa shape index (κ1) is 28.2. The predicted octanol–water partition coefficient (Wildman–Crippen LogP) is 8.89. The molecule has 0 radical (unpaired) electrons. The van der Waals surface area contributed by atoms with Gasteiger partial charge in [0.05, 0.1) is 0 Å². The summed E-state index contributed by atoms with van der Waals surface area (Å²) in [7, 11) is 0. The highest BCUT2D eigenvalue weighted by Gasteiger charge is 2.00. The first-order valence-corrected chi connectivity index (χ1v) is 13.2. The van der Waals surface area contributed by atoms with Gasteiger partial charge in [0.15, 0.2) is 0 Å². The third kappa shape index (κ3) is 25.2. The summed E-state index contributed by atoms with van der Waals surface area (Å²) in [5.74, 6) is 0.250. The highest BCUT2D eigenvalue weighted by Crippen LogP contribution is 2.12. The van der Waals surface area contributed by atoms with Crippen LogP contribution in [0.1, 0.15) is 149 Å². The number of unbranched alkanes of at least 4 members (excludes halogenated alkanes) is 17. The van der Waals surface area contributed by atoms with Gasteiger partial charge in [-0.2, -0.15) is 0 Å². The fourth-order valence-corrected chi connectivity index (χ4v) is 3.75. The van der Waals surface area contributed by atoms with Gasteiger partial charge in [-0.15, -0.1) is 0 Å². The lowest BCUT2D eigenvalue weighted by Gasteiger charge is -2.04. The lowest BCUT2D eigenvalue weighted by Crippen LogP contribution is -2.23. The van der Waals surface area contributed by atoms with E-state index in [1.54, 1.807) is 0 Å². The smallest absolute Gasteiger partial charge is 0.219 e. The van der Waals surface area contributed by atoms with Gasteiger partial charge in [-0.25, -0.2) is 0 Å². The minimum Gasteiger partial charge on any atom is -0.356 e. The zero-order valence-electron chi connectivity index (χ0n) is 20.1. The Morgan fingerprint density at radius 2 is 0.966 bits per heavy atom. The predicted molar refractivity (Wildman–Crippen MR) is 130 cm³/mol. The highest BCUT2D eigenvalue weighted by molar-refractivity contribution is 5.75. The number of amides is 1. The molecular formula is C27H53NO. The van der Waals surface area contributed by atoms with Crippen LogP contribution in [0.3, 0.4) is 0 Å². The largest absolute Gasteiger partial charge is 0.356 e. The van der Waals surface area contributed by atoms with Gasteiger partial charge in [0.2, 0.25) is 5.91 Å². The van der Waals surface area contributed by atoms with Crippen molar-refractivity contribution in [3.05, 3.63) is 12.2 Å². The van der Waals surface area contributed by atoms with E-state index >= 15 is 0 Å². The number of rotatable bonds is 23. The SMILES string of the molecule is CCCCCCCCCC/C=C\CCCCCCCCCC(=O)NCCCCC. The second kappa shape index (κ2) is 25.2. The molecule has 0 aliphatic carbocycles. The van der Waals surface area contributed by atoms with E-state index in [0.29, 0.717) is 0 Å². The summed E-state index contributed by atoms with van der Waals surface area (Å²) >= 11 is 0. The van der Waals surface area contributed by atoms with Crippen LogP contribution >= 0.6 is 0 Å². The Balaban J connectivity index is 3.16. The third-order valence-corrected chi connectivity index (χ3v) is 5.77. The molecule has 1 amide bonds. The summed E-state index contributed by atoms with van der Waals surface area (Å²) in [6, 6.07) is 0. The van der Waals surface area contributed by atoms with Crippen molar-refractivity contribution in [2.45, 2.75) is 149 Å². The molecule has 0 spiro atoms. The summed E-state index contributed by atoms with van der Waals surface area (Å²) in [6.07, 6.45) is 31.9. The summed E-state index contributed by atoms with van der Waals surface area (Å²) in [5.41, 5.74) is 0. The van der Waals surface area contributed by atoms with Crippen LogP contribution in [0.25, 0.3) is 0 Å². The standard InChI is InChI=1S/C27H53NO/c1-3-5-7-8-9-10-11-12-13-14-15-16-17-18-19-20-21-22-23-25-27(29)28-26-24-6-4-2/h14-15H,3-13,16-26H2,1-2H3,(H,28,29)/b15-14-. The van der Waals surface area contributed by atoms with Crippen LogP contribution in [-0.2, 0) is 4.79 Å². The van der Waals surface area contributed by atoms with Gasteiger partial charge < -0.3 is 5.32 Å². The van der Waals surface area contributed by atoms with Crippen LogP contribution in [0.15, 0.2) is 12.2 Å². The van der Waals surface area contributed by atoms with Gasteiger partial charge in [-0.3, -0.25) is 4.79 Å². The normalized spacial score (nSPS) is 11.4. The summed E-state index contributed by atoms with van der Waals surface area (Å²) in [4.78, 5) is 11.7. The van der Waals surface area contributed by atoms with Crippen molar-refractivity contribution in [1.82, 2.24) is 5.32 Å². The zero-order chi connectivity index (χ0) is 21.3. The third-order valence-electron chi connectivity index (χ3n) is 5.77. The van der Waals surface area contributed by atoms with Crippen molar-refractivity contribution in [3.63, 3.8) is 0 Å². The molecule has 2 nitrogen and oxygen atoms in total. The average Bonchev–Trinajstić information content (AvgIpc) is 2.73. The molecule has 0 unspecified atom stereocenters. The lowest BCUT2D eigenvalue weighted by atomic mass is 10.1.